The van der Waals surface area contributed by atoms with Gasteiger partial charge in [-0.05, 0) is 37.8 Å². The lowest BCUT2D eigenvalue weighted by Gasteiger charge is -2.23. The van der Waals surface area contributed by atoms with E-state index in [1.54, 1.807) is 0 Å². The number of rotatable bonds is 4. The number of carbonyl (C=O) groups excluding carboxylic acids is 1. The SMILES string of the molecule is O=C(O)c1cc(Cl)cc(NC(=O)N(C2CC2)C2CC2)c1Cl. The van der Waals surface area contributed by atoms with Gasteiger partial charge in [0.15, 0.2) is 0 Å². The van der Waals surface area contributed by atoms with Gasteiger partial charge in [0.1, 0.15) is 0 Å². The van der Waals surface area contributed by atoms with Crippen LogP contribution in [0.4, 0.5) is 10.5 Å². The molecule has 3 rings (SSSR count). The van der Waals surface area contributed by atoms with Gasteiger partial charge in [-0.1, -0.05) is 23.2 Å². The van der Waals surface area contributed by atoms with Crippen molar-refractivity contribution in [3.05, 3.63) is 27.7 Å². The van der Waals surface area contributed by atoms with Crippen LogP contribution < -0.4 is 5.32 Å². The first-order valence-corrected chi connectivity index (χ1v) is 7.54. The summed E-state index contributed by atoms with van der Waals surface area (Å²) in [6.07, 6.45) is 4.09. The summed E-state index contributed by atoms with van der Waals surface area (Å²) in [7, 11) is 0. The minimum Gasteiger partial charge on any atom is -0.478 e. The number of aromatic carboxylic acids is 1. The van der Waals surface area contributed by atoms with E-state index in [9.17, 15) is 9.59 Å². The molecule has 0 saturated heterocycles. The molecule has 2 amide bonds. The van der Waals surface area contributed by atoms with E-state index < -0.39 is 5.97 Å². The molecule has 7 heteroatoms. The molecule has 2 fully saturated rings. The quantitative estimate of drug-likeness (QED) is 0.881. The Morgan fingerprint density at radius 3 is 2.19 bits per heavy atom. The number of carboxylic acid groups (broad SMARTS) is 1. The van der Waals surface area contributed by atoms with Crippen molar-refractivity contribution >= 4 is 40.9 Å². The van der Waals surface area contributed by atoms with Gasteiger partial charge >= 0.3 is 12.0 Å². The molecule has 0 unspecified atom stereocenters. The van der Waals surface area contributed by atoms with Crippen LogP contribution in [0.2, 0.25) is 10.0 Å². The van der Waals surface area contributed by atoms with Crippen LogP contribution in [-0.4, -0.2) is 34.1 Å². The number of halogens is 2. The topological polar surface area (TPSA) is 69.6 Å². The molecule has 0 bridgehead atoms. The standard InChI is InChI=1S/C14H14Cl2N2O3/c15-7-5-10(13(19)20)12(16)11(6-7)17-14(21)18(8-1-2-8)9-3-4-9/h5-6,8-9H,1-4H2,(H,17,21)(H,19,20). The predicted molar refractivity (Wildman–Crippen MR) is 80.3 cm³/mol. The summed E-state index contributed by atoms with van der Waals surface area (Å²) in [4.78, 5) is 25.3. The van der Waals surface area contributed by atoms with Gasteiger partial charge in [-0.15, -0.1) is 0 Å². The molecule has 2 saturated carbocycles. The Bertz CT molecular complexity index is 600. The molecule has 0 radical (unpaired) electrons. The summed E-state index contributed by atoms with van der Waals surface area (Å²) in [5.74, 6) is -1.18. The molecule has 5 nitrogen and oxygen atoms in total. The van der Waals surface area contributed by atoms with Gasteiger partial charge in [-0.3, -0.25) is 0 Å². The molecule has 0 heterocycles. The lowest BCUT2D eigenvalue weighted by molar-refractivity contribution is 0.0697. The Morgan fingerprint density at radius 2 is 1.71 bits per heavy atom. The van der Waals surface area contributed by atoms with Crippen LogP contribution in [0.1, 0.15) is 36.0 Å². The van der Waals surface area contributed by atoms with E-state index in [2.05, 4.69) is 5.32 Å². The highest BCUT2D eigenvalue weighted by Crippen LogP contribution is 2.38. The fourth-order valence-corrected chi connectivity index (χ4v) is 2.81. The maximum Gasteiger partial charge on any atom is 0.337 e. The van der Waals surface area contributed by atoms with Gasteiger partial charge in [-0.2, -0.15) is 0 Å². The highest BCUT2D eigenvalue weighted by Gasteiger charge is 2.42. The van der Waals surface area contributed by atoms with Crippen molar-refractivity contribution in [1.29, 1.82) is 0 Å². The zero-order valence-electron chi connectivity index (χ0n) is 11.1. The highest BCUT2D eigenvalue weighted by atomic mass is 35.5. The second-order valence-electron chi connectivity index (χ2n) is 5.42. The summed E-state index contributed by atoms with van der Waals surface area (Å²) >= 11 is 11.9. The Labute approximate surface area is 131 Å². The number of urea groups is 1. The zero-order chi connectivity index (χ0) is 15.1. The molecule has 2 aliphatic carbocycles. The van der Waals surface area contributed by atoms with Crippen LogP contribution >= 0.6 is 23.2 Å². The number of hydrogen-bond donors (Lipinski definition) is 2. The van der Waals surface area contributed by atoms with E-state index in [-0.39, 0.29) is 27.3 Å². The minimum atomic E-state index is -1.18. The van der Waals surface area contributed by atoms with E-state index in [1.165, 1.54) is 12.1 Å². The molecule has 0 aliphatic heterocycles. The van der Waals surface area contributed by atoms with Gasteiger partial charge in [0.25, 0.3) is 0 Å². The third-order valence-corrected chi connectivity index (χ3v) is 4.25. The molecule has 21 heavy (non-hydrogen) atoms. The number of nitrogens with zero attached hydrogens (tertiary/aromatic N) is 1. The van der Waals surface area contributed by atoms with Crippen LogP contribution in [0.5, 0.6) is 0 Å². The smallest absolute Gasteiger partial charge is 0.337 e. The molecule has 2 N–H and O–H groups in total. The van der Waals surface area contributed by atoms with Gasteiger partial charge in [0.05, 0.1) is 16.3 Å². The second-order valence-corrected chi connectivity index (χ2v) is 6.23. The van der Waals surface area contributed by atoms with Crippen LogP contribution in [0.3, 0.4) is 0 Å². The lowest BCUT2D eigenvalue weighted by Crippen LogP contribution is -2.38. The lowest BCUT2D eigenvalue weighted by atomic mass is 10.2. The first kappa shape index (κ1) is 14.5. The number of anilines is 1. The van der Waals surface area contributed by atoms with E-state index in [1.807, 2.05) is 4.90 Å². The van der Waals surface area contributed by atoms with Crippen LogP contribution in [0.15, 0.2) is 12.1 Å². The number of carbonyl (C=O) groups is 2. The minimum absolute atomic E-state index is 0.00760. The summed E-state index contributed by atoms with van der Waals surface area (Å²) in [6, 6.07) is 3.09. The average Bonchev–Trinajstić information content (AvgIpc) is 3.27. The monoisotopic (exact) mass is 328 g/mol. The summed E-state index contributed by atoms with van der Waals surface area (Å²) in [5, 5.41) is 12.0. The van der Waals surface area contributed by atoms with Crippen molar-refractivity contribution in [2.75, 3.05) is 5.32 Å². The molecular formula is C14H14Cl2N2O3. The molecule has 112 valence electrons. The van der Waals surface area contributed by atoms with Gasteiger partial charge < -0.3 is 15.3 Å². The Morgan fingerprint density at radius 1 is 1.14 bits per heavy atom. The number of hydrogen-bond acceptors (Lipinski definition) is 2. The average molecular weight is 329 g/mol. The number of benzene rings is 1. The molecule has 0 spiro atoms. The second kappa shape index (κ2) is 5.39. The van der Waals surface area contributed by atoms with Crippen molar-refractivity contribution in [3.8, 4) is 0 Å². The van der Waals surface area contributed by atoms with Gasteiger partial charge in [0.2, 0.25) is 0 Å². The fourth-order valence-electron chi connectivity index (χ4n) is 2.35. The maximum atomic E-state index is 12.4. The van der Waals surface area contributed by atoms with E-state index >= 15 is 0 Å². The molecule has 1 aromatic rings. The normalized spacial score (nSPS) is 17.4. The Kier molecular flexibility index (Phi) is 3.71. The molecule has 1 aromatic carbocycles. The molecular weight excluding hydrogens is 315 g/mol. The van der Waals surface area contributed by atoms with Crippen molar-refractivity contribution in [2.24, 2.45) is 0 Å². The highest BCUT2D eigenvalue weighted by molar-refractivity contribution is 6.38. The van der Waals surface area contributed by atoms with Gasteiger partial charge in [-0.25, -0.2) is 9.59 Å². The van der Waals surface area contributed by atoms with Crippen LogP contribution in [0, 0.1) is 0 Å². The molecule has 0 atom stereocenters. The first-order chi connectivity index (χ1) is 9.97. The van der Waals surface area contributed by atoms with Crippen molar-refractivity contribution in [2.45, 2.75) is 37.8 Å². The van der Waals surface area contributed by atoms with Crippen LogP contribution in [0.25, 0.3) is 0 Å². The zero-order valence-corrected chi connectivity index (χ0v) is 12.6. The number of nitrogens with one attached hydrogen (secondary N) is 1. The largest absolute Gasteiger partial charge is 0.478 e. The van der Waals surface area contributed by atoms with E-state index in [0.29, 0.717) is 12.1 Å². The maximum absolute atomic E-state index is 12.4. The third kappa shape index (κ3) is 3.09. The van der Waals surface area contributed by atoms with Gasteiger partial charge in [0, 0.05) is 17.1 Å². The number of amides is 2. The van der Waals surface area contributed by atoms with Crippen molar-refractivity contribution in [1.82, 2.24) is 4.90 Å². The third-order valence-electron chi connectivity index (χ3n) is 3.62. The Hall–Kier alpha value is -1.46. The van der Waals surface area contributed by atoms with Crippen LogP contribution in [-0.2, 0) is 0 Å². The summed E-state index contributed by atoms with van der Waals surface area (Å²) in [5.41, 5.74) is 0.113. The molecule has 2 aliphatic rings. The Balaban J connectivity index is 1.83. The van der Waals surface area contributed by atoms with E-state index in [4.69, 9.17) is 28.3 Å². The summed E-state index contributed by atoms with van der Waals surface area (Å²) in [6.45, 7) is 0. The van der Waals surface area contributed by atoms with Crippen molar-refractivity contribution in [3.63, 3.8) is 0 Å². The first-order valence-electron chi connectivity index (χ1n) is 6.79. The van der Waals surface area contributed by atoms with E-state index in [0.717, 1.165) is 25.7 Å². The fraction of sp³-hybridized carbons (Fsp3) is 0.429. The molecule has 0 aromatic heterocycles. The summed E-state index contributed by atoms with van der Waals surface area (Å²) < 4.78 is 0. The van der Waals surface area contributed by atoms with Crippen molar-refractivity contribution < 1.29 is 14.7 Å². The predicted octanol–water partition coefficient (Wildman–Crippen LogP) is 3.85. The number of carboxylic acids is 1.